The molecule has 0 aliphatic heterocycles. The smallest absolute Gasteiger partial charge is 0.316 e. The second-order valence-corrected chi connectivity index (χ2v) is 6.12. The van der Waals surface area contributed by atoms with E-state index >= 15 is 0 Å². The molecule has 7 heteroatoms. The summed E-state index contributed by atoms with van der Waals surface area (Å²) in [5.41, 5.74) is 1.75. The number of hydrogen-bond acceptors (Lipinski definition) is 5. The first kappa shape index (κ1) is 15.2. The van der Waals surface area contributed by atoms with Crippen molar-refractivity contribution in [2.75, 3.05) is 0 Å². The molecule has 0 amide bonds. The molecule has 2 aromatic heterocycles. The summed E-state index contributed by atoms with van der Waals surface area (Å²) in [6, 6.07) is 13.3. The summed E-state index contributed by atoms with van der Waals surface area (Å²) < 4.78 is 1.86. The SMILES string of the molecule is CC(Sc1nnc(-c2ccncc2)n1-c1ccccc1)C(=O)O. The van der Waals surface area contributed by atoms with Crippen molar-refractivity contribution in [3.63, 3.8) is 0 Å². The van der Waals surface area contributed by atoms with Crippen LogP contribution in [0, 0.1) is 0 Å². The predicted octanol–water partition coefficient (Wildman–Crippen LogP) is 2.89. The molecule has 0 fully saturated rings. The Hall–Kier alpha value is -2.67. The van der Waals surface area contributed by atoms with E-state index in [0.717, 1.165) is 23.0 Å². The summed E-state index contributed by atoms with van der Waals surface area (Å²) in [5, 5.41) is 17.5. The van der Waals surface area contributed by atoms with Gasteiger partial charge in [-0.15, -0.1) is 10.2 Å². The van der Waals surface area contributed by atoms with Gasteiger partial charge in [0.25, 0.3) is 0 Å². The first-order chi connectivity index (χ1) is 11.2. The van der Waals surface area contributed by atoms with Gasteiger partial charge in [0.15, 0.2) is 11.0 Å². The Kier molecular flexibility index (Phi) is 4.38. The highest BCUT2D eigenvalue weighted by Crippen LogP contribution is 2.29. The van der Waals surface area contributed by atoms with Crippen LogP contribution in [-0.4, -0.2) is 36.1 Å². The number of carboxylic acids is 1. The lowest BCUT2D eigenvalue weighted by Crippen LogP contribution is -2.12. The maximum atomic E-state index is 11.1. The molecule has 3 aromatic rings. The molecule has 3 rings (SSSR count). The van der Waals surface area contributed by atoms with Gasteiger partial charge in [-0.1, -0.05) is 30.0 Å². The number of benzene rings is 1. The third-order valence-electron chi connectivity index (χ3n) is 3.22. The van der Waals surface area contributed by atoms with Gasteiger partial charge in [0.05, 0.1) is 0 Å². The Balaban J connectivity index is 2.11. The highest BCUT2D eigenvalue weighted by molar-refractivity contribution is 8.00. The number of carbonyl (C=O) groups is 1. The maximum absolute atomic E-state index is 11.1. The highest BCUT2D eigenvalue weighted by Gasteiger charge is 2.21. The molecule has 0 saturated heterocycles. The minimum absolute atomic E-state index is 0.540. The second kappa shape index (κ2) is 6.62. The molecule has 0 radical (unpaired) electrons. The van der Waals surface area contributed by atoms with Gasteiger partial charge >= 0.3 is 5.97 Å². The van der Waals surface area contributed by atoms with Crippen LogP contribution in [0.5, 0.6) is 0 Å². The van der Waals surface area contributed by atoms with Crippen molar-refractivity contribution in [2.45, 2.75) is 17.3 Å². The van der Waals surface area contributed by atoms with E-state index in [1.54, 1.807) is 19.3 Å². The minimum atomic E-state index is -0.886. The summed E-state index contributed by atoms with van der Waals surface area (Å²) in [6.07, 6.45) is 3.37. The average Bonchev–Trinajstić information content (AvgIpc) is 3.00. The number of carboxylic acid groups (broad SMARTS) is 1. The van der Waals surface area contributed by atoms with Crippen LogP contribution in [-0.2, 0) is 4.79 Å². The highest BCUT2D eigenvalue weighted by atomic mass is 32.2. The number of para-hydroxylation sites is 1. The fourth-order valence-electron chi connectivity index (χ4n) is 2.05. The van der Waals surface area contributed by atoms with Gasteiger partial charge in [0.2, 0.25) is 0 Å². The molecule has 1 atom stereocenters. The molecule has 0 saturated carbocycles. The fourth-order valence-corrected chi connectivity index (χ4v) is 2.85. The Morgan fingerprint density at radius 1 is 1.13 bits per heavy atom. The lowest BCUT2D eigenvalue weighted by molar-refractivity contribution is -0.136. The van der Waals surface area contributed by atoms with E-state index in [9.17, 15) is 4.79 Å². The van der Waals surface area contributed by atoms with Gasteiger partial charge in [0.1, 0.15) is 5.25 Å². The van der Waals surface area contributed by atoms with Crippen LogP contribution < -0.4 is 0 Å². The Morgan fingerprint density at radius 3 is 2.48 bits per heavy atom. The summed E-state index contributed by atoms with van der Waals surface area (Å²) >= 11 is 1.16. The number of nitrogens with zero attached hydrogens (tertiary/aromatic N) is 4. The van der Waals surface area contributed by atoms with Gasteiger partial charge in [-0.2, -0.15) is 0 Å². The molecular formula is C16H14N4O2S. The normalized spacial score (nSPS) is 12.0. The average molecular weight is 326 g/mol. The maximum Gasteiger partial charge on any atom is 0.316 e. The van der Waals surface area contributed by atoms with Gasteiger partial charge in [-0.05, 0) is 31.2 Å². The standard InChI is InChI=1S/C16H14N4O2S/c1-11(15(21)22)23-16-19-18-14(12-7-9-17-10-8-12)20(16)13-5-3-2-4-6-13/h2-11H,1H3,(H,21,22). The predicted molar refractivity (Wildman–Crippen MR) is 87.5 cm³/mol. The molecule has 116 valence electrons. The van der Waals surface area contributed by atoms with Crippen LogP contribution >= 0.6 is 11.8 Å². The largest absolute Gasteiger partial charge is 0.480 e. The molecule has 1 N–H and O–H groups in total. The molecule has 1 aromatic carbocycles. The van der Waals surface area contributed by atoms with Gasteiger partial charge in [-0.25, -0.2) is 0 Å². The van der Waals surface area contributed by atoms with E-state index in [1.807, 2.05) is 47.0 Å². The Labute approximate surface area is 137 Å². The number of rotatable bonds is 5. The molecular weight excluding hydrogens is 312 g/mol. The lowest BCUT2D eigenvalue weighted by Gasteiger charge is -2.11. The molecule has 0 aliphatic rings. The van der Waals surface area contributed by atoms with Crippen molar-refractivity contribution in [1.29, 1.82) is 0 Å². The number of aliphatic carboxylic acids is 1. The number of aromatic nitrogens is 4. The van der Waals surface area contributed by atoms with Crippen LogP contribution in [0.4, 0.5) is 0 Å². The van der Waals surface area contributed by atoms with Crippen LogP contribution in [0.25, 0.3) is 17.1 Å². The molecule has 6 nitrogen and oxygen atoms in total. The molecule has 1 unspecified atom stereocenters. The van der Waals surface area contributed by atoms with E-state index in [1.165, 1.54) is 0 Å². The zero-order chi connectivity index (χ0) is 16.2. The van der Waals surface area contributed by atoms with Crippen molar-refractivity contribution in [2.24, 2.45) is 0 Å². The molecule has 23 heavy (non-hydrogen) atoms. The van der Waals surface area contributed by atoms with Crippen LogP contribution in [0.1, 0.15) is 6.92 Å². The molecule has 0 spiro atoms. The Bertz CT molecular complexity index is 805. The van der Waals surface area contributed by atoms with Crippen LogP contribution in [0.2, 0.25) is 0 Å². The van der Waals surface area contributed by atoms with E-state index in [0.29, 0.717) is 11.0 Å². The fraction of sp³-hybridized carbons (Fsp3) is 0.125. The Morgan fingerprint density at radius 2 is 1.83 bits per heavy atom. The topological polar surface area (TPSA) is 80.9 Å². The zero-order valence-corrected chi connectivity index (χ0v) is 13.1. The number of hydrogen-bond donors (Lipinski definition) is 1. The van der Waals surface area contributed by atoms with E-state index < -0.39 is 11.2 Å². The second-order valence-electron chi connectivity index (χ2n) is 4.81. The molecule has 0 aliphatic carbocycles. The van der Waals surface area contributed by atoms with Crippen molar-refractivity contribution < 1.29 is 9.90 Å². The van der Waals surface area contributed by atoms with Crippen molar-refractivity contribution in [1.82, 2.24) is 19.7 Å². The summed E-state index contributed by atoms with van der Waals surface area (Å²) in [5.74, 6) is -0.234. The lowest BCUT2D eigenvalue weighted by atomic mass is 10.2. The third-order valence-corrected chi connectivity index (χ3v) is 4.25. The molecule has 0 bridgehead atoms. The van der Waals surface area contributed by atoms with E-state index in [-0.39, 0.29) is 0 Å². The van der Waals surface area contributed by atoms with Crippen LogP contribution in [0.3, 0.4) is 0 Å². The van der Waals surface area contributed by atoms with Crippen LogP contribution in [0.15, 0.2) is 60.0 Å². The van der Waals surface area contributed by atoms with Gasteiger partial charge in [-0.3, -0.25) is 14.3 Å². The first-order valence-corrected chi connectivity index (χ1v) is 7.85. The quantitative estimate of drug-likeness (QED) is 0.726. The summed E-state index contributed by atoms with van der Waals surface area (Å²) in [7, 11) is 0. The number of thioether (sulfide) groups is 1. The summed E-state index contributed by atoms with van der Waals surface area (Å²) in [4.78, 5) is 15.2. The molecule has 2 heterocycles. The minimum Gasteiger partial charge on any atom is -0.480 e. The third kappa shape index (κ3) is 3.24. The van der Waals surface area contributed by atoms with E-state index in [2.05, 4.69) is 15.2 Å². The first-order valence-electron chi connectivity index (χ1n) is 6.97. The zero-order valence-electron chi connectivity index (χ0n) is 12.3. The van der Waals surface area contributed by atoms with Gasteiger partial charge < -0.3 is 5.11 Å². The number of pyridine rings is 1. The monoisotopic (exact) mass is 326 g/mol. The van der Waals surface area contributed by atoms with Crippen molar-refractivity contribution in [3.05, 3.63) is 54.9 Å². The van der Waals surface area contributed by atoms with Crippen molar-refractivity contribution in [3.8, 4) is 17.1 Å². The van der Waals surface area contributed by atoms with Crippen molar-refractivity contribution >= 4 is 17.7 Å². The summed E-state index contributed by atoms with van der Waals surface area (Å²) in [6.45, 7) is 1.63. The van der Waals surface area contributed by atoms with Gasteiger partial charge in [0, 0.05) is 23.6 Å². The van der Waals surface area contributed by atoms with E-state index in [4.69, 9.17) is 5.11 Å².